The number of hydrogen-bond donors (Lipinski definition) is 0. The zero-order chi connectivity index (χ0) is 15.5. The molecule has 21 heavy (non-hydrogen) atoms. The van der Waals surface area contributed by atoms with Gasteiger partial charge in [-0.05, 0) is 63.7 Å². The van der Waals surface area contributed by atoms with Crippen molar-refractivity contribution in [3.63, 3.8) is 0 Å². The van der Waals surface area contributed by atoms with E-state index in [-0.39, 0.29) is 5.54 Å². The number of ketones is 1. The number of aryl methyl sites for hydroxylation is 1. The molecule has 1 aromatic carbocycles. The summed E-state index contributed by atoms with van der Waals surface area (Å²) in [5.41, 5.74) is 1.88. The van der Waals surface area contributed by atoms with Gasteiger partial charge in [-0.2, -0.15) is 0 Å². The van der Waals surface area contributed by atoms with Crippen molar-refractivity contribution < 1.29 is 4.79 Å². The molecule has 1 aromatic rings. The number of rotatable bonds is 5. The fourth-order valence-corrected chi connectivity index (χ4v) is 3.54. The van der Waals surface area contributed by atoms with Gasteiger partial charge in [-0.15, -0.1) is 0 Å². The van der Waals surface area contributed by atoms with Crippen LogP contribution in [0.15, 0.2) is 24.3 Å². The number of Topliss-reactive ketones (excluding diaryl/α,β-unsaturated/α-hetero) is 1. The highest BCUT2D eigenvalue weighted by molar-refractivity contribution is 6.03. The molecule has 1 fully saturated rings. The van der Waals surface area contributed by atoms with E-state index in [1.807, 2.05) is 12.1 Å². The Kier molecular flexibility index (Phi) is 5.21. The minimum atomic E-state index is -0.294. The van der Waals surface area contributed by atoms with Crippen molar-refractivity contribution in [3.05, 3.63) is 35.4 Å². The Hall–Kier alpha value is -1.15. The zero-order valence-electron chi connectivity index (χ0n) is 14.0. The van der Waals surface area contributed by atoms with E-state index in [0.717, 1.165) is 50.0 Å². The second-order valence-corrected chi connectivity index (χ2v) is 6.89. The van der Waals surface area contributed by atoms with Crippen LogP contribution in [0.3, 0.4) is 0 Å². The van der Waals surface area contributed by atoms with Crippen molar-refractivity contribution in [1.82, 2.24) is 4.90 Å². The van der Waals surface area contributed by atoms with Crippen LogP contribution in [0.5, 0.6) is 0 Å². The molecule has 1 saturated carbocycles. The third kappa shape index (κ3) is 3.37. The molecule has 0 atom stereocenters. The summed E-state index contributed by atoms with van der Waals surface area (Å²) in [6, 6.07) is 8.26. The van der Waals surface area contributed by atoms with E-state index in [0.29, 0.717) is 5.78 Å². The molecule has 0 heterocycles. The van der Waals surface area contributed by atoms with Crippen LogP contribution in [0.4, 0.5) is 0 Å². The van der Waals surface area contributed by atoms with Gasteiger partial charge in [0.15, 0.2) is 5.78 Å². The van der Waals surface area contributed by atoms with Crippen LogP contribution in [0.25, 0.3) is 0 Å². The van der Waals surface area contributed by atoms with Crippen molar-refractivity contribution in [2.45, 2.75) is 57.9 Å². The Labute approximate surface area is 129 Å². The first kappa shape index (κ1) is 16.2. The summed E-state index contributed by atoms with van der Waals surface area (Å²) < 4.78 is 0. The van der Waals surface area contributed by atoms with Crippen LogP contribution >= 0.6 is 0 Å². The van der Waals surface area contributed by atoms with E-state index in [1.165, 1.54) is 5.56 Å². The molecule has 0 spiro atoms. The molecular weight excluding hydrogens is 258 g/mol. The lowest BCUT2D eigenvalue weighted by Gasteiger charge is -2.43. The first-order valence-corrected chi connectivity index (χ1v) is 8.31. The Morgan fingerprint density at radius 1 is 1.29 bits per heavy atom. The maximum Gasteiger partial charge on any atom is 0.183 e. The fraction of sp³-hybridized carbons (Fsp3) is 0.632. The first-order chi connectivity index (χ1) is 9.99. The summed E-state index contributed by atoms with van der Waals surface area (Å²) in [7, 11) is 4.12. The van der Waals surface area contributed by atoms with Crippen molar-refractivity contribution in [2.24, 2.45) is 5.92 Å². The molecule has 2 heteroatoms. The summed E-state index contributed by atoms with van der Waals surface area (Å²) in [6.45, 7) is 4.48. The number of carbonyl (C=O) groups is 1. The molecule has 116 valence electrons. The minimum absolute atomic E-state index is 0.294. The predicted molar refractivity (Wildman–Crippen MR) is 88.8 cm³/mol. The highest BCUT2D eigenvalue weighted by atomic mass is 16.1. The molecule has 1 aliphatic carbocycles. The van der Waals surface area contributed by atoms with Gasteiger partial charge in [-0.25, -0.2) is 0 Å². The topological polar surface area (TPSA) is 20.3 Å². The Morgan fingerprint density at radius 2 is 1.95 bits per heavy atom. The smallest absolute Gasteiger partial charge is 0.183 e. The number of carbonyl (C=O) groups excluding carboxylic acids is 1. The van der Waals surface area contributed by atoms with Gasteiger partial charge in [0.05, 0.1) is 5.54 Å². The van der Waals surface area contributed by atoms with E-state index >= 15 is 0 Å². The number of likely N-dealkylation sites (N-methyl/N-ethyl adjacent to an activating group) is 1. The number of benzene rings is 1. The molecule has 0 unspecified atom stereocenters. The van der Waals surface area contributed by atoms with Gasteiger partial charge in [-0.1, -0.05) is 38.5 Å². The molecule has 1 aliphatic rings. The lowest BCUT2D eigenvalue weighted by Crippen LogP contribution is -2.53. The molecule has 0 aromatic heterocycles. The Bertz CT molecular complexity index is 484. The van der Waals surface area contributed by atoms with E-state index in [1.54, 1.807) is 0 Å². The summed E-state index contributed by atoms with van der Waals surface area (Å²) in [6.07, 6.45) is 6.44. The van der Waals surface area contributed by atoms with Crippen LogP contribution in [-0.2, 0) is 6.42 Å². The van der Waals surface area contributed by atoms with E-state index < -0.39 is 0 Å². The number of nitrogens with zero attached hydrogens (tertiary/aromatic N) is 1. The maximum atomic E-state index is 13.2. The highest BCUT2D eigenvalue weighted by Gasteiger charge is 2.43. The van der Waals surface area contributed by atoms with Crippen molar-refractivity contribution in [1.29, 1.82) is 0 Å². The average Bonchev–Trinajstić information content (AvgIpc) is 2.48. The van der Waals surface area contributed by atoms with Crippen LogP contribution in [0.2, 0.25) is 0 Å². The summed E-state index contributed by atoms with van der Waals surface area (Å²) in [5.74, 6) is 1.06. The lowest BCUT2D eigenvalue weighted by molar-refractivity contribution is 0.0513. The molecule has 2 rings (SSSR count). The van der Waals surface area contributed by atoms with E-state index in [4.69, 9.17) is 0 Å². The van der Waals surface area contributed by atoms with Crippen molar-refractivity contribution in [2.75, 3.05) is 14.1 Å². The quantitative estimate of drug-likeness (QED) is 0.751. The average molecular weight is 287 g/mol. The van der Waals surface area contributed by atoms with Crippen molar-refractivity contribution >= 4 is 5.78 Å². The second kappa shape index (κ2) is 6.74. The summed E-state index contributed by atoms with van der Waals surface area (Å²) >= 11 is 0. The standard InChI is InChI=1S/C19H29NO/c1-5-7-16-8-6-9-17(14-16)18(21)19(20(3)4)12-10-15(2)11-13-19/h6,8-9,14-15H,5,7,10-13H2,1-4H3. The normalized spacial score (nSPS) is 26.0. The van der Waals surface area contributed by atoms with Gasteiger partial charge in [0, 0.05) is 5.56 Å². The first-order valence-electron chi connectivity index (χ1n) is 8.31. The zero-order valence-corrected chi connectivity index (χ0v) is 14.0. The SMILES string of the molecule is CCCc1cccc(C(=O)C2(N(C)C)CCC(C)CC2)c1. The fourth-order valence-electron chi connectivity index (χ4n) is 3.54. The van der Waals surface area contributed by atoms with Gasteiger partial charge in [0.1, 0.15) is 0 Å². The third-order valence-electron chi connectivity index (χ3n) is 5.11. The molecule has 0 saturated heterocycles. The van der Waals surface area contributed by atoms with Crippen LogP contribution in [0, 0.1) is 5.92 Å². The van der Waals surface area contributed by atoms with Crippen molar-refractivity contribution in [3.8, 4) is 0 Å². The molecule has 0 aliphatic heterocycles. The largest absolute Gasteiger partial charge is 0.297 e. The molecule has 0 radical (unpaired) electrons. The van der Waals surface area contributed by atoms with Crippen LogP contribution in [-0.4, -0.2) is 30.3 Å². The predicted octanol–water partition coefficient (Wildman–Crippen LogP) is 4.33. The lowest BCUT2D eigenvalue weighted by atomic mass is 9.72. The van der Waals surface area contributed by atoms with Gasteiger partial charge in [0.2, 0.25) is 0 Å². The molecule has 0 amide bonds. The molecule has 0 N–H and O–H groups in total. The minimum Gasteiger partial charge on any atom is -0.297 e. The number of hydrogen-bond acceptors (Lipinski definition) is 2. The maximum absolute atomic E-state index is 13.2. The summed E-state index contributed by atoms with van der Waals surface area (Å²) in [4.78, 5) is 15.3. The molecule has 0 bridgehead atoms. The highest BCUT2D eigenvalue weighted by Crippen LogP contribution is 2.37. The molecule has 2 nitrogen and oxygen atoms in total. The van der Waals surface area contributed by atoms with E-state index in [2.05, 4.69) is 45.0 Å². The van der Waals surface area contributed by atoms with Gasteiger partial charge in [-0.3, -0.25) is 9.69 Å². The Balaban J connectivity index is 2.28. The third-order valence-corrected chi connectivity index (χ3v) is 5.11. The van der Waals surface area contributed by atoms with E-state index in [9.17, 15) is 4.79 Å². The van der Waals surface area contributed by atoms with Gasteiger partial charge >= 0.3 is 0 Å². The molecular formula is C19H29NO. The van der Waals surface area contributed by atoms with Gasteiger partial charge < -0.3 is 0 Å². The monoisotopic (exact) mass is 287 g/mol. The van der Waals surface area contributed by atoms with Crippen LogP contribution < -0.4 is 0 Å². The summed E-state index contributed by atoms with van der Waals surface area (Å²) in [5, 5.41) is 0. The Morgan fingerprint density at radius 3 is 2.52 bits per heavy atom. The van der Waals surface area contributed by atoms with Gasteiger partial charge in [0.25, 0.3) is 0 Å². The second-order valence-electron chi connectivity index (χ2n) is 6.89. The van der Waals surface area contributed by atoms with Crippen LogP contribution in [0.1, 0.15) is 61.9 Å².